The van der Waals surface area contributed by atoms with Crippen molar-refractivity contribution in [3.05, 3.63) is 105 Å². The summed E-state index contributed by atoms with van der Waals surface area (Å²) >= 11 is 12.2. The van der Waals surface area contributed by atoms with Crippen molar-refractivity contribution in [1.29, 1.82) is 0 Å². The molecular formula is C24H20Cl2N2O2. The first-order chi connectivity index (χ1) is 14.5. The number of carbonyl (C=O) groups is 1. The number of aromatic nitrogens is 1. The summed E-state index contributed by atoms with van der Waals surface area (Å²) in [4.78, 5) is 12.3. The average molecular weight is 439 g/mol. The fourth-order valence-corrected chi connectivity index (χ4v) is 4.03. The molecule has 0 fully saturated rings. The van der Waals surface area contributed by atoms with Gasteiger partial charge in [0.2, 0.25) is 0 Å². The summed E-state index contributed by atoms with van der Waals surface area (Å²) in [5.74, 6) is -0.949. The van der Waals surface area contributed by atoms with E-state index in [0.717, 1.165) is 27.6 Å². The molecule has 0 atom stereocenters. The number of para-hydroxylation sites is 1. The van der Waals surface area contributed by atoms with E-state index < -0.39 is 5.97 Å². The lowest BCUT2D eigenvalue weighted by atomic mass is 10.1. The Balaban J connectivity index is 1.70. The van der Waals surface area contributed by atoms with Gasteiger partial charge in [-0.1, -0.05) is 71.7 Å². The van der Waals surface area contributed by atoms with Crippen molar-refractivity contribution >= 4 is 40.1 Å². The standard InChI is InChI=1S/C24H20Cl2N2O2/c25-18-11-9-16(10-12-18)15-28-22-8-4-2-6-19(22)20(23(28)24(29)30)14-27-13-17-5-1-3-7-21(17)26/h1-12,27H,13-15H2,(H,29,30). The molecule has 30 heavy (non-hydrogen) atoms. The van der Waals surface area contributed by atoms with Gasteiger partial charge in [0.15, 0.2) is 0 Å². The Morgan fingerprint density at radius 1 is 0.900 bits per heavy atom. The van der Waals surface area contributed by atoms with Crippen LogP contribution >= 0.6 is 23.2 Å². The third-order valence-electron chi connectivity index (χ3n) is 5.11. The number of fused-ring (bicyclic) bond motifs is 1. The lowest BCUT2D eigenvalue weighted by Crippen LogP contribution is -2.17. The molecule has 6 heteroatoms. The number of nitrogens with zero attached hydrogens (tertiary/aromatic N) is 1. The van der Waals surface area contributed by atoms with Crippen molar-refractivity contribution in [1.82, 2.24) is 9.88 Å². The highest BCUT2D eigenvalue weighted by Crippen LogP contribution is 2.28. The van der Waals surface area contributed by atoms with E-state index >= 15 is 0 Å². The van der Waals surface area contributed by atoms with Crippen LogP contribution in [-0.4, -0.2) is 15.6 Å². The first kappa shape index (κ1) is 20.5. The maximum atomic E-state index is 12.3. The molecule has 4 aromatic rings. The average Bonchev–Trinajstić information content (AvgIpc) is 3.05. The van der Waals surface area contributed by atoms with Gasteiger partial charge in [-0.2, -0.15) is 0 Å². The van der Waals surface area contributed by atoms with E-state index in [1.165, 1.54) is 0 Å². The van der Waals surface area contributed by atoms with Crippen molar-refractivity contribution in [2.24, 2.45) is 0 Å². The van der Waals surface area contributed by atoms with E-state index in [4.69, 9.17) is 23.2 Å². The highest BCUT2D eigenvalue weighted by atomic mass is 35.5. The van der Waals surface area contributed by atoms with Crippen LogP contribution in [-0.2, 0) is 19.6 Å². The van der Waals surface area contributed by atoms with Crippen LogP contribution in [0.5, 0.6) is 0 Å². The Labute approximate surface area is 184 Å². The SMILES string of the molecule is O=C(O)c1c(CNCc2ccccc2Cl)c2ccccc2n1Cc1ccc(Cl)cc1. The van der Waals surface area contributed by atoms with Gasteiger partial charge < -0.3 is 15.0 Å². The Kier molecular flexibility index (Phi) is 6.09. The molecule has 0 aliphatic heterocycles. The molecule has 0 amide bonds. The summed E-state index contributed by atoms with van der Waals surface area (Å²) in [6.45, 7) is 1.42. The predicted octanol–water partition coefficient (Wildman–Crippen LogP) is 5.98. The maximum Gasteiger partial charge on any atom is 0.352 e. The summed E-state index contributed by atoms with van der Waals surface area (Å²) in [5, 5.41) is 15.7. The number of hydrogen-bond donors (Lipinski definition) is 2. The smallest absolute Gasteiger partial charge is 0.352 e. The van der Waals surface area contributed by atoms with Gasteiger partial charge in [0.05, 0.1) is 0 Å². The van der Waals surface area contributed by atoms with Gasteiger partial charge in [-0.25, -0.2) is 4.79 Å². The lowest BCUT2D eigenvalue weighted by molar-refractivity contribution is 0.0685. The van der Waals surface area contributed by atoms with E-state index in [1.54, 1.807) is 0 Å². The zero-order valence-electron chi connectivity index (χ0n) is 16.1. The molecule has 0 aliphatic rings. The van der Waals surface area contributed by atoms with Gasteiger partial charge >= 0.3 is 5.97 Å². The quantitative estimate of drug-likeness (QED) is 0.372. The summed E-state index contributed by atoms with van der Waals surface area (Å²) in [6, 6.07) is 22.9. The van der Waals surface area contributed by atoms with Gasteiger partial charge in [0.1, 0.15) is 5.69 Å². The second-order valence-corrected chi connectivity index (χ2v) is 7.90. The van der Waals surface area contributed by atoms with Crippen LogP contribution in [0.3, 0.4) is 0 Å². The first-order valence-corrected chi connectivity index (χ1v) is 10.3. The molecule has 0 saturated carbocycles. The summed E-state index contributed by atoms with van der Waals surface area (Å²) in [7, 11) is 0. The topological polar surface area (TPSA) is 54.3 Å². The summed E-state index contributed by atoms with van der Waals surface area (Å²) < 4.78 is 1.85. The van der Waals surface area contributed by atoms with Gasteiger partial charge in [0, 0.05) is 46.1 Å². The summed E-state index contributed by atoms with van der Waals surface area (Å²) in [6.07, 6.45) is 0. The van der Waals surface area contributed by atoms with Gasteiger partial charge in [0.25, 0.3) is 0 Å². The number of carboxylic acid groups (broad SMARTS) is 1. The molecule has 3 aromatic carbocycles. The molecule has 0 aliphatic carbocycles. The van der Waals surface area contributed by atoms with Crippen LogP contribution in [0.25, 0.3) is 10.9 Å². The van der Waals surface area contributed by atoms with Crippen LogP contribution < -0.4 is 5.32 Å². The first-order valence-electron chi connectivity index (χ1n) is 9.56. The van der Waals surface area contributed by atoms with E-state index in [0.29, 0.717) is 29.7 Å². The monoisotopic (exact) mass is 438 g/mol. The Bertz CT molecular complexity index is 1200. The normalized spacial score (nSPS) is 11.1. The fraction of sp³-hybridized carbons (Fsp3) is 0.125. The minimum Gasteiger partial charge on any atom is -0.477 e. The van der Waals surface area contributed by atoms with E-state index in [9.17, 15) is 9.90 Å². The van der Waals surface area contributed by atoms with Crippen LogP contribution in [0.15, 0.2) is 72.8 Å². The van der Waals surface area contributed by atoms with Crippen LogP contribution in [0, 0.1) is 0 Å². The molecule has 0 unspecified atom stereocenters. The van der Waals surface area contributed by atoms with E-state index in [2.05, 4.69) is 5.32 Å². The largest absolute Gasteiger partial charge is 0.477 e. The number of aromatic carboxylic acids is 1. The molecule has 0 spiro atoms. The zero-order valence-corrected chi connectivity index (χ0v) is 17.6. The number of hydrogen-bond acceptors (Lipinski definition) is 2. The molecule has 4 nitrogen and oxygen atoms in total. The van der Waals surface area contributed by atoms with Crippen molar-refractivity contribution in [2.75, 3.05) is 0 Å². The Morgan fingerprint density at radius 2 is 1.60 bits per heavy atom. The lowest BCUT2D eigenvalue weighted by Gasteiger charge is -2.10. The molecule has 152 valence electrons. The molecule has 1 aromatic heterocycles. The third kappa shape index (κ3) is 4.21. The number of carboxylic acids is 1. The molecular weight excluding hydrogens is 419 g/mol. The van der Waals surface area contributed by atoms with Crippen molar-refractivity contribution in [3.63, 3.8) is 0 Å². The maximum absolute atomic E-state index is 12.3. The molecule has 0 bridgehead atoms. The Hall–Kier alpha value is -2.79. The zero-order chi connectivity index (χ0) is 21.1. The highest BCUT2D eigenvalue weighted by Gasteiger charge is 2.22. The van der Waals surface area contributed by atoms with Gasteiger partial charge in [-0.3, -0.25) is 0 Å². The highest BCUT2D eigenvalue weighted by molar-refractivity contribution is 6.31. The summed E-state index contributed by atoms with van der Waals surface area (Å²) in [5.41, 5.74) is 3.90. The molecule has 2 N–H and O–H groups in total. The van der Waals surface area contributed by atoms with Crippen molar-refractivity contribution in [3.8, 4) is 0 Å². The molecule has 4 rings (SSSR count). The van der Waals surface area contributed by atoms with Crippen LogP contribution in [0.4, 0.5) is 0 Å². The van der Waals surface area contributed by atoms with E-state index in [1.807, 2.05) is 77.4 Å². The molecule has 0 radical (unpaired) electrons. The van der Waals surface area contributed by atoms with Crippen LogP contribution in [0.1, 0.15) is 27.2 Å². The van der Waals surface area contributed by atoms with Crippen molar-refractivity contribution < 1.29 is 9.90 Å². The second-order valence-electron chi connectivity index (χ2n) is 7.06. The van der Waals surface area contributed by atoms with E-state index in [-0.39, 0.29) is 5.69 Å². The number of halogens is 2. The third-order valence-corrected chi connectivity index (χ3v) is 5.73. The minimum absolute atomic E-state index is 0.290. The molecule has 0 saturated heterocycles. The second kappa shape index (κ2) is 8.92. The molecule has 1 heterocycles. The Morgan fingerprint density at radius 3 is 2.33 bits per heavy atom. The predicted molar refractivity (Wildman–Crippen MR) is 121 cm³/mol. The number of nitrogens with one attached hydrogen (secondary N) is 1. The van der Waals surface area contributed by atoms with Gasteiger partial charge in [-0.05, 0) is 35.4 Å². The number of benzene rings is 3. The number of rotatable bonds is 7. The minimum atomic E-state index is -0.949. The van der Waals surface area contributed by atoms with Gasteiger partial charge in [-0.15, -0.1) is 0 Å². The fourth-order valence-electron chi connectivity index (χ4n) is 3.70. The van der Waals surface area contributed by atoms with Crippen molar-refractivity contribution in [2.45, 2.75) is 19.6 Å². The van der Waals surface area contributed by atoms with Crippen LogP contribution in [0.2, 0.25) is 10.0 Å².